The van der Waals surface area contributed by atoms with E-state index in [1.165, 1.54) is 12.3 Å². The fourth-order valence-corrected chi connectivity index (χ4v) is 3.82. The van der Waals surface area contributed by atoms with Crippen LogP contribution in [0.15, 0.2) is 16.8 Å². The van der Waals surface area contributed by atoms with Gasteiger partial charge in [0.1, 0.15) is 0 Å². The molecule has 3 atom stereocenters. The van der Waals surface area contributed by atoms with Gasteiger partial charge in [0.25, 0.3) is 5.91 Å². The van der Waals surface area contributed by atoms with Crippen LogP contribution >= 0.6 is 0 Å². The van der Waals surface area contributed by atoms with Crippen LogP contribution in [0.5, 0.6) is 0 Å². The number of hydrogen-bond acceptors (Lipinski definition) is 6. The molecule has 9 heteroatoms. The van der Waals surface area contributed by atoms with Gasteiger partial charge in [-0.2, -0.15) is 5.10 Å². The van der Waals surface area contributed by atoms with E-state index in [4.69, 9.17) is 4.52 Å². The topological polar surface area (TPSA) is 124 Å². The van der Waals surface area contributed by atoms with Crippen molar-refractivity contribution in [1.82, 2.24) is 25.6 Å². The molecular weight excluding hydrogens is 338 g/mol. The Kier molecular flexibility index (Phi) is 4.23. The maximum atomic E-state index is 12.9. The van der Waals surface area contributed by atoms with Crippen LogP contribution in [0.2, 0.25) is 0 Å². The highest BCUT2D eigenvalue weighted by Crippen LogP contribution is 2.30. The lowest BCUT2D eigenvalue weighted by Crippen LogP contribution is -2.41. The van der Waals surface area contributed by atoms with Gasteiger partial charge in [-0.25, -0.2) is 0 Å². The van der Waals surface area contributed by atoms with Gasteiger partial charge >= 0.3 is 0 Å². The zero-order valence-electron chi connectivity index (χ0n) is 14.4. The molecule has 2 aromatic heterocycles. The zero-order valence-corrected chi connectivity index (χ0v) is 14.4. The van der Waals surface area contributed by atoms with E-state index in [0.717, 1.165) is 23.4 Å². The van der Waals surface area contributed by atoms with E-state index in [-0.39, 0.29) is 17.6 Å². The maximum Gasteiger partial charge on any atom is 0.290 e. The van der Waals surface area contributed by atoms with E-state index in [2.05, 4.69) is 20.7 Å². The molecule has 4 rings (SSSR count). The second-order valence-corrected chi connectivity index (χ2v) is 6.98. The number of nitrogens with one attached hydrogen (secondary N) is 2. The minimum Gasteiger partial charge on any atom is -0.391 e. The molecule has 2 aliphatic rings. The van der Waals surface area contributed by atoms with Gasteiger partial charge in [0.15, 0.2) is 0 Å². The van der Waals surface area contributed by atoms with E-state index < -0.39 is 18.1 Å². The standard InChI is InChI=1S/C17H21N5O4/c1-9-11-8-22(5-3-12(11)21-20-9)17(25)10-6-13(14(23)7-10)19-16(24)15-2-4-18-26-15/h2,4,10,13-14,23H,3,5-8H2,1H3,(H,19,24)(H,20,21)/t10-,13+,14+/m0/s1. The molecule has 2 aromatic rings. The molecule has 3 heterocycles. The Morgan fingerprint density at radius 2 is 2.27 bits per heavy atom. The third-order valence-corrected chi connectivity index (χ3v) is 5.30. The van der Waals surface area contributed by atoms with Crippen LogP contribution in [-0.2, 0) is 17.8 Å². The number of nitrogens with zero attached hydrogens (tertiary/aromatic N) is 3. The van der Waals surface area contributed by atoms with Crippen LogP contribution in [-0.4, -0.2) is 55.9 Å². The predicted octanol–water partition coefficient (Wildman–Crippen LogP) is 0.160. The van der Waals surface area contributed by atoms with Crippen LogP contribution in [0.3, 0.4) is 0 Å². The van der Waals surface area contributed by atoms with Crippen molar-refractivity contribution in [2.45, 2.75) is 44.9 Å². The Morgan fingerprint density at radius 3 is 3.04 bits per heavy atom. The number of carbonyl (C=O) groups excluding carboxylic acids is 2. The molecule has 2 amide bonds. The summed E-state index contributed by atoms with van der Waals surface area (Å²) in [6.45, 7) is 3.12. The molecule has 1 aliphatic heterocycles. The summed E-state index contributed by atoms with van der Waals surface area (Å²) < 4.78 is 4.82. The first-order valence-corrected chi connectivity index (χ1v) is 8.74. The first-order valence-electron chi connectivity index (χ1n) is 8.74. The summed E-state index contributed by atoms with van der Waals surface area (Å²) in [5.41, 5.74) is 3.09. The number of aliphatic hydroxyl groups is 1. The van der Waals surface area contributed by atoms with E-state index >= 15 is 0 Å². The van der Waals surface area contributed by atoms with Crippen LogP contribution < -0.4 is 5.32 Å². The largest absolute Gasteiger partial charge is 0.391 e. The first-order chi connectivity index (χ1) is 12.5. The van der Waals surface area contributed by atoms with Gasteiger partial charge in [-0.3, -0.25) is 14.7 Å². The Labute approximate surface area is 149 Å². The number of H-pyrrole nitrogens is 1. The van der Waals surface area contributed by atoms with Crippen molar-refractivity contribution in [2.75, 3.05) is 6.54 Å². The molecule has 9 nitrogen and oxygen atoms in total. The molecule has 1 aliphatic carbocycles. The van der Waals surface area contributed by atoms with Crippen LogP contribution in [0.25, 0.3) is 0 Å². The van der Waals surface area contributed by atoms with Crippen LogP contribution in [0, 0.1) is 12.8 Å². The number of carbonyl (C=O) groups is 2. The van der Waals surface area contributed by atoms with Gasteiger partial charge in [0, 0.05) is 42.8 Å². The smallest absolute Gasteiger partial charge is 0.290 e. The number of rotatable bonds is 3. The molecule has 0 radical (unpaired) electrons. The maximum absolute atomic E-state index is 12.9. The van der Waals surface area contributed by atoms with Crippen LogP contribution in [0.1, 0.15) is 40.3 Å². The summed E-state index contributed by atoms with van der Waals surface area (Å²) in [6, 6.07) is 0.982. The van der Waals surface area contributed by atoms with E-state index in [1.807, 2.05) is 11.8 Å². The number of fused-ring (bicyclic) bond motifs is 1. The van der Waals surface area contributed by atoms with Crippen molar-refractivity contribution in [3.05, 3.63) is 35.0 Å². The summed E-state index contributed by atoms with van der Waals surface area (Å²) in [7, 11) is 0. The number of aliphatic hydroxyl groups excluding tert-OH is 1. The van der Waals surface area contributed by atoms with Gasteiger partial charge in [0.2, 0.25) is 11.7 Å². The lowest BCUT2D eigenvalue weighted by Gasteiger charge is -2.29. The highest BCUT2D eigenvalue weighted by atomic mass is 16.5. The van der Waals surface area contributed by atoms with Crippen molar-refractivity contribution in [3.8, 4) is 0 Å². The van der Waals surface area contributed by atoms with E-state index in [9.17, 15) is 14.7 Å². The second-order valence-electron chi connectivity index (χ2n) is 6.98. The summed E-state index contributed by atoms with van der Waals surface area (Å²) in [5, 5.41) is 23.7. The molecule has 0 unspecified atom stereocenters. The van der Waals surface area contributed by atoms with Crippen molar-refractivity contribution >= 4 is 11.8 Å². The van der Waals surface area contributed by atoms with E-state index in [0.29, 0.717) is 25.9 Å². The molecule has 26 heavy (non-hydrogen) atoms. The summed E-state index contributed by atoms with van der Waals surface area (Å²) in [6.07, 6.45) is 2.11. The molecule has 138 valence electrons. The van der Waals surface area contributed by atoms with E-state index in [1.54, 1.807) is 0 Å². The summed E-state index contributed by atoms with van der Waals surface area (Å²) in [5.74, 6) is -0.632. The number of aromatic amines is 1. The zero-order chi connectivity index (χ0) is 18.3. The lowest BCUT2D eigenvalue weighted by atomic mass is 10.0. The highest BCUT2D eigenvalue weighted by molar-refractivity contribution is 5.91. The second kappa shape index (κ2) is 6.56. The van der Waals surface area contributed by atoms with Crippen LogP contribution in [0.4, 0.5) is 0 Å². The minimum atomic E-state index is -0.758. The molecule has 3 N–H and O–H groups in total. The summed E-state index contributed by atoms with van der Waals surface area (Å²) in [4.78, 5) is 26.8. The molecule has 1 fully saturated rings. The molecule has 0 aromatic carbocycles. The number of aromatic nitrogens is 3. The average molecular weight is 359 g/mol. The van der Waals surface area contributed by atoms with Gasteiger partial charge in [-0.05, 0) is 19.8 Å². The van der Waals surface area contributed by atoms with Crippen molar-refractivity contribution in [1.29, 1.82) is 0 Å². The van der Waals surface area contributed by atoms with Gasteiger partial charge in [-0.1, -0.05) is 5.16 Å². The van der Waals surface area contributed by atoms with Crippen molar-refractivity contribution < 1.29 is 19.2 Å². The average Bonchev–Trinajstić information content (AvgIpc) is 3.36. The Balaban J connectivity index is 1.39. The minimum absolute atomic E-state index is 0.0201. The SMILES string of the molecule is Cc1[nH]nc2c1CN(C(=O)[C@@H]1C[C@@H](O)[C@H](NC(=O)c3ccno3)C1)CC2. The predicted molar refractivity (Wildman–Crippen MR) is 88.9 cm³/mol. The lowest BCUT2D eigenvalue weighted by molar-refractivity contribution is -0.136. The quantitative estimate of drug-likeness (QED) is 0.717. The summed E-state index contributed by atoms with van der Waals surface area (Å²) >= 11 is 0. The fraction of sp³-hybridized carbons (Fsp3) is 0.529. The van der Waals surface area contributed by atoms with Gasteiger partial charge in [-0.15, -0.1) is 0 Å². The molecule has 1 saturated carbocycles. The highest BCUT2D eigenvalue weighted by Gasteiger charge is 2.40. The Hall–Kier alpha value is -2.68. The molecule has 0 bridgehead atoms. The number of amides is 2. The van der Waals surface area contributed by atoms with Gasteiger partial charge in [0.05, 0.1) is 24.0 Å². The normalized spacial score (nSPS) is 25.2. The third kappa shape index (κ3) is 2.98. The third-order valence-electron chi connectivity index (χ3n) is 5.30. The van der Waals surface area contributed by atoms with Gasteiger partial charge < -0.3 is 19.8 Å². The molecule has 0 spiro atoms. The number of aryl methyl sites for hydroxylation is 1. The van der Waals surface area contributed by atoms with Crippen molar-refractivity contribution in [2.24, 2.45) is 5.92 Å². The van der Waals surface area contributed by atoms with Crippen molar-refractivity contribution in [3.63, 3.8) is 0 Å². The fourth-order valence-electron chi connectivity index (χ4n) is 3.82. The first kappa shape index (κ1) is 16.8. The molecule has 0 saturated heterocycles. The Bertz CT molecular complexity index is 815. The molecular formula is C17H21N5O4. The monoisotopic (exact) mass is 359 g/mol. The number of hydrogen-bond donors (Lipinski definition) is 3. The Morgan fingerprint density at radius 1 is 1.42 bits per heavy atom.